The lowest BCUT2D eigenvalue weighted by molar-refractivity contribution is -0.276. The van der Waals surface area contributed by atoms with Crippen LogP contribution in [-0.4, -0.2) is 22.9 Å². The molecule has 0 amide bonds. The molecule has 0 bridgehead atoms. The Kier molecular flexibility index (Phi) is 8.19. The van der Waals surface area contributed by atoms with Gasteiger partial charge in [-0.15, -0.1) is 13.2 Å². The smallest absolute Gasteiger partial charge is 0.486 e. The first kappa shape index (κ1) is 27.0. The van der Waals surface area contributed by atoms with Gasteiger partial charge in [-0.2, -0.15) is 0 Å². The summed E-state index contributed by atoms with van der Waals surface area (Å²) < 4.78 is 88.8. The van der Waals surface area contributed by atoms with Crippen LogP contribution in [-0.2, 0) is 25.7 Å². The first-order valence-corrected chi connectivity index (χ1v) is 11.6. The highest BCUT2D eigenvalue weighted by atomic mass is 19.4. The second-order valence-corrected chi connectivity index (χ2v) is 8.47. The molecule has 0 radical (unpaired) electrons. The summed E-state index contributed by atoms with van der Waals surface area (Å²) in [6, 6.07) is 10.2. The second-order valence-electron chi connectivity index (χ2n) is 8.47. The quantitative estimate of drug-likeness (QED) is 0.162. The molecule has 0 N–H and O–H groups in total. The van der Waals surface area contributed by atoms with Gasteiger partial charge in [0.1, 0.15) is 18.2 Å². The van der Waals surface area contributed by atoms with Crippen LogP contribution in [0.4, 0.5) is 26.3 Å². The number of fused-ring (bicyclic) bond motifs is 1. The Balaban J connectivity index is 1.41. The first-order valence-electron chi connectivity index (χ1n) is 11.6. The topological polar surface area (TPSA) is 44.2 Å². The number of rotatable bonds is 10. The number of hydrogen-bond acceptors (Lipinski definition) is 4. The van der Waals surface area contributed by atoms with Crippen molar-refractivity contribution in [2.24, 2.45) is 0 Å². The van der Waals surface area contributed by atoms with Crippen molar-refractivity contribution < 1.29 is 35.8 Å². The van der Waals surface area contributed by atoms with Crippen molar-refractivity contribution in [3.8, 4) is 11.5 Å². The molecule has 0 atom stereocenters. The fraction of sp³-hybridized carbons (Fsp3) is 0.214. The zero-order valence-electron chi connectivity index (χ0n) is 20.0. The zero-order chi connectivity index (χ0) is 27.3. The van der Waals surface area contributed by atoms with Crippen molar-refractivity contribution in [3.63, 3.8) is 0 Å². The minimum atomic E-state index is -5.22. The third kappa shape index (κ3) is 6.81. The lowest BCUT2D eigenvalue weighted by atomic mass is 9.98. The van der Waals surface area contributed by atoms with Crippen LogP contribution in [0.15, 0.2) is 67.5 Å². The molecule has 38 heavy (non-hydrogen) atoms. The van der Waals surface area contributed by atoms with E-state index in [2.05, 4.69) is 21.3 Å². The molecule has 0 saturated carbocycles. The van der Waals surface area contributed by atoms with Crippen LogP contribution in [0, 0.1) is 17.5 Å². The Morgan fingerprint density at radius 1 is 0.816 bits per heavy atom. The molecular weight excluding hydrogens is 510 g/mol. The van der Waals surface area contributed by atoms with Crippen molar-refractivity contribution in [1.29, 1.82) is 0 Å². The maximum Gasteiger partial charge on any atom is 0.573 e. The van der Waals surface area contributed by atoms with E-state index < -0.39 is 29.6 Å². The molecule has 3 aromatic carbocycles. The Bertz CT molecular complexity index is 1420. The second kappa shape index (κ2) is 11.5. The van der Waals surface area contributed by atoms with Gasteiger partial charge >= 0.3 is 6.36 Å². The number of alkyl halides is 3. The summed E-state index contributed by atoms with van der Waals surface area (Å²) in [5, 5.41) is 1.07. The summed E-state index contributed by atoms with van der Waals surface area (Å²) in [4.78, 5) is 8.55. The van der Waals surface area contributed by atoms with Gasteiger partial charge in [-0.25, -0.2) is 23.1 Å². The molecule has 4 rings (SSSR count). The van der Waals surface area contributed by atoms with Crippen LogP contribution in [0.3, 0.4) is 0 Å². The van der Waals surface area contributed by atoms with E-state index >= 15 is 4.39 Å². The molecule has 4 nitrogen and oxygen atoms in total. The Hall–Kier alpha value is -4.08. The number of ether oxygens (including phenoxy) is 2. The Labute approximate surface area is 214 Å². The predicted octanol–water partition coefficient (Wildman–Crippen LogP) is 7.08. The van der Waals surface area contributed by atoms with Crippen LogP contribution in [0.5, 0.6) is 11.5 Å². The highest BCUT2D eigenvalue weighted by Crippen LogP contribution is 2.30. The molecule has 0 aliphatic heterocycles. The molecule has 0 saturated heterocycles. The van der Waals surface area contributed by atoms with Crippen LogP contribution in [0.1, 0.15) is 22.5 Å². The predicted molar refractivity (Wildman–Crippen MR) is 129 cm³/mol. The van der Waals surface area contributed by atoms with E-state index in [0.29, 0.717) is 47.4 Å². The number of aromatic nitrogens is 2. The van der Waals surface area contributed by atoms with Gasteiger partial charge < -0.3 is 9.47 Å². The van der Waals surface area contributed by atoms with Crippen LogP contribution >= 0.6 is 0 Å². The van der Waals surface area contributed by atoms with E-state index in [9.17, 15) is 22.0 Å². The number of halogens is 6. The van der Waals surface area contributed by atoms with Gasteiger partial charge in [0.25, 0.3) is 0 Å². The third-order valence-corrected chi connectivity index (χ3v) is 5.74. The lowest BCUT2D eigenvalue weighted by Gasteiger charge is -2.12. The van der Waals surface area contributed by atoms with E-state index in [0.717, 1.165) is 17.7 Å². The van der Waals surface area contributed by atoms with E-state index in [1.807, 2.05) is 6.07 Å². The number of aryl methyl sites for hydroxylation is 4. The number of hydrogen-bond donors (Lipinski definition) is 0. The maximum atomic E-state index is 15.2. The fourth-order valence-electron chi connectivity index (χ4n) is 3.94. The van der Waals surface area contributed by atoms with Crippen LogP contribution in [0.2, 0.25) is 0 Å². The van der Waals surface area contributed by atoms with E-state index in [1.165, 1.54) is 0 Å². The molecule has 0 fully saturated rings. The normalized spacial score (nSPS) is 11.5. The minimum Gasteiger partial charge on any atom is -0.486 e. The first-order chi connectivity index (χ1) is 18.1. The number of benzene rings is 3. The van der Waals surface area contributed by atoms with Crippen molar-refractivity contribution in [1.82, 2.24) is 9.97 Å². The van der Waals surface area contributed by atoms with Gasteiger partial charge in [0.15, 0.2) is 17.4 Å². The summed E-state index contributed by atoms with van der Waals surface area (Å²) in [6.45, 7) is 3.94. The largest absolute Gasteiger partial charge is 0.573 e. The highest BCUT2D eigenvalue weighted by molar-refractivity contribution is 5.84. The average molecular weight is 532 g/mol. The van der Waals surface area contributed by atoms with Crippen molar-refractivity contribution in [2.75, 3.05) is 6.61 Å². The van der Waals surface area contributed by atoms with Crippen molar-refractivity contribution >= 4 is 10.8 Å². The maximum absolute atomic E-state index is 15.2. The third-order valence-electron chi connectivity index (χ3n) is 5.74. The van der Waals surface area contributed by atoms with Crippen LogP contribution in [0.25, 0.3) is 10.8 Å². The summed E-state index contributed by atoms with van der Waals surface area (Å²) >= 11 is 0. The van der Waals surface area contributed by atoms with Gasteiger partial charge in [0.2, 0.25) is 5.75 Å². The molecule has 4 aromatic rings. The van der Waals surface area contributed by atoms with Gasteiger partial charge in [-0.1, -0.05) is 43.0 Å². The standard InChI is InChI=1S/C28H22F6N2O2/c1-2-11-37-21-15-35-25(36-16-21)10-5-17-4-9-22-20(12-17)8-7-19(26(22)31)6-3-18-13-23(29)27(24(30)14-18)38-28(32,33)34/h2,4,7-9,12-16H,1,3,5-6,10-11H2. The molecule has 1 heterocycles. The minimum absolute atomic E-state index is 0.0120. The summed E-state index contributed by atoms with van der Waals surface area (Å²) in [5.41, 5.74) is 1.35. The van der Waals surface area contributed by atoms with Crippen LogP contribution < -0.4 is 9.47 Å². The summed E-state index contributed by atoms with van der Waals surface area (Å²) in [7, 11) is 0. The Morgan fingerprint density at radius 2 is 1.50 bits per heavy atom. The fourth-order valence-corrected chi connectivity index (χ4v) is 3.94. The SMILES string of the molecule is C=CCOc1cnc(CCc2ccc3c(F)c(CCc4cc(F)c(OC(F)(F)F)c(F)c4)ccc3c2)nc1. The van der Waals surface area contributed by atoms with Gasteiger partial charge in [-0.3, -0.25) is 0 Å². The molecule has 198 valence electrons. The Morgan fingerprint density at radius 3 is 2.16 bits per heavy atom. The summed E-state index contributed by atoms with van der Waals surface area (Å²) in [5.74, 6) is -3.75. The van der Waals surface area contributed by atoms with Gasteiger partial charge in [0, 0.05) is 11.8 Å². The average Bonchev–Trinajstić information content (AvgIpc) is 2.88. The molecule has 0 unspecified atom stereocenters. The van der Waals surface area contributed by atoms with Gasteiger partial charge in [-0.05, 0) is 53.5 Å². The van der Waals surface area contributed by atoms with E-state index in [4.69, 9.17) is 4.74 Å². The van der Waals surface area contributed by atoms with Crippen molar-refractivity contribution in [2.45, 2.75) is 32.0 Å². The van der Waals surface area contributed by atoms with E-state index in [1.54, 1.807) is 42.7 Å². The van der Waals surface area contributed by atoms with E-state index in [-0.39, 0.29) is 18.4 Å². The van der Waals surface area contributed by atoms with Crippen molar-refractivity contribution in [3.05, 3.63) is 107 Å². The lowest BCUT2D eigenvalue weighted by Crippen LogP contribution is -2.19. The zero-order valence-corrected chi connectivity index (χ0v) is 20.0. The number of nitrogens with zero attached hydrogens (tertiary/aromatic N) is 2. The molecule has 10 heteroatoms. The molecule has 0 aliphatic carbocycles. The monoisotopic (exact) mass is 532 g/mol. The van der Waals surface area contributed by atoms with Gasteiger partial charge in [0.05, 0.1) is 12.4 Å². The molecular formula is C28H22F6N2O2. The summed E-state index contributed by atoms with van der Waals surface area (Å²) in [6.07, 6.45) is 0.903. The highest BCUT2D eigenvalue weighted by Gasteiger charge is 2.34. The molecule has 0 aliphatic rings. The molecule has 0 spiro atoms. The molecule has 1 aromatic heterocycles.